The van der Waals surface area contributed by atoms with Gasteiger partial charge in [0.05, 0.1) is 11.6 Å². The Kier molecular flexibility index (Phi) is 5.03. The molecule has 1 saturated heterocycles. The van der Waals surface area contributed by atoms with Gasteiger partial charge in [-0.15, -0.1) is 0 Å². The van der Waals surface area contributed by atoms with Gasteiger partial charge in [-0.1, -0.05) is 0 Å². The molecule has 1 aliphatic heterocycles. The number of aromatic nitrogens is 1. The smallest absolute Gasteiger partial charge is 0.225 e. The number of halogens is 1. The topological polar surface area (TPSA) is 69.0 Å². The first kappa shape index (κ1) is 19.5. The summed E-state index contributed by atoms with van der Waals surface area (Å²) in [6, 6.07) is 12.6. The molecule has 0 atom stereocenters. The Labute approximate surface area is 180 Å². The number of amides is 1. The van der Waals surface area contributed by atoms with E-state index in [1.165, 1.54) is 12.1 Å². The van der Waals surface area contributed by atoms with Gasteiger partial charge in [0.1, 0.15) is 5.82 Å². The fourth-order valence-electron chi connectivity index (χ4n) is 4.36. The highest BCUT2D eigenvalue weighted by molar-refractivity contribution is 5.97. The van der Waals surface area contributed by atoms with Crippen molar-refractivity contribution in [3.05, 3.63) is 60.2 Å². The predicted octanol–water partition coefficient (Wildman–Crippen LogP) is 4.73. The molecule has 5 nitrogen and oxygen atoms in total. The monoisotopic (exact) mass is 414 g/mol. The summed E-state index contributed by atoms with van der Waals surface area (Å²) in [5.41, 5.74) is 2.75. The third-order valence-electron chi connectivity index (χ3n) is 6.21. The van der Waals surface area contributed by atoms with Gasteiger partial charge >= 0.3 is 0 Å². The number of benzene rings is 2. The molecule has 1 aliphatic carbocycles. The first-order valence-electron chi connectivity index (χ1n) is 10.7. The van der Waals surface area contributed by atoms with E-state index in [1.54, 1.807) is 12.3 Å². The molecule has 5 rings (SSSR count). The summed E-state index contributed by atoms with van der Waals surface area (Å²) in [6.07, 6.45) is 7.43. The van der Waals surface area contributed by atoms with Crippen molar-refractivity contribution in [1.29, 1.82) is 5.26 Å². The molecule has 0 radical (unpaired) electrons. The average Bonchev–Trinajstić information content (AvgIpc) is 3.64. The molecule has 156 valence electrons. The van der Waals surface area contributed by atoms with Crippen LogP contribution in [0.2, 0.25) is 0 Å². The predicted molar refractivity (Wildman–Crippen MR) is 118 cm³/mol. The molecule has 1 N–H and O–H groups in total. The van der Waals surface area contributed by atoms with Gasteiger partial charge in [-0.3, -0.25) is 9.78 Å². The Hall–Kier alpha value is -3.46. The van der Waals surface area contributed by atoms with Crippen LogP contribution in [0.25, 0.3) is 21.9 Å². The van der Waals surface area contributed by atoms with E-state index >= 15 is 0 Å². The minimum atomic E-state index is -0.425. The molecule has 31 heavy (non-hydrogen) atoms. The zero-order chi connectivity index (χ0) is 21.4. The average molecular weight is 414 g/mol. The van der Waals surface area contributed by atoms with Gasteiger partial charge in [0.15, 0.2) is 0 Å². The third kappa shape index (κ3) is 4.09. The Morgan fingerprint density at radius 2 is 1.87 bits per heavy atom. The van der Waals surface area contributed by atoms with E-state index in [1.807, 2.05) is 35.4 Å². The largest absolute Gasteiger partial charge is 0.382 e. The molecule has 2 aromatic carbocycles. The highest BCUT2D eigenvalue weighted by atomic mass is 19.1. The third-order valence-corrected chi connectivity index (χ3v) is 6.21. The van der Waals surface area contributed by atoms with Gasteiger partial charge in [0.25, 0.3) is 0 Å². The number of piperidine rings is 1. The van der Waals surface area contributed by atoms with Crippen molar-refractivity contribution in [2.45, 2.75) is 31.7 Å². The maximum Gasteiger partial charge on any atom is 0.225 e. The van der Waals surface area contributed by atoms with E-state index in [-0.39, 0.29) is 12.0 Å². The molecule has 3 aromatic rings. The van der Waals surface area contributed by atoms with Crippen LogP contribution in [0.1, 0.15) is 31.2 Å². The van der Waals surface area contributed by atoms with Gasteiger partial charge in [0.2, 0.25) is 5.91 Å². The number of hydrogen-bond donors (Lipinski definition) is 1. The summed E-state index contributed by atoms with van der Waals surface area (Å²) in [4.78, 5) is 18.6. The number of carbonyl (C=O) groups is 1. The summed E-state index contributed by atoms with van der Waals surface area (Å²) >= 11 is 0. The second kappa shape index (κ2) is 7.99. The normalized spacial score (nSPS) is 16.8. The Balaban J connectivity index is 1.43. The molecular weight excluding hydrogens is 391 g/mol. The second-order valence-corrected chi connectivity index (χ2v) is 8.48. The lowest BCUT2D eigenvalue weighted by molar-refractivity contribution is -0.133. The minimum Gasteiger partial charge on any atom is -0.382 e. The number of likely N-dealkylation sites (tertiary alicyclic amines) is 1. The molecule has 1 saturated carbocycles. The highest BCUT2D eigenvalue weighted by Crippen LogP contribution is 2.34. The molecular formula is C25H23FN4O. The van der Waals surface area contributed by atoms with Crippen LogP contribution in [-0.2, 0) is 4.79 Å². The fourth-order valence-corrected chi connectivity index (χ4v) is 4.36. The zero-order valence-corrected chi connectivity index (χ0v) is 17.1. The van der Waals surface area contributed by atoms with Crippen LogP contribution in [0.4, 0.5) is 10.1 Å². The maximum absolute atomic E-state index is 14.0. The molecule has 2 heterocycles. The lowest BCUT2D eigenvalue weighted by Crippen LogP contribution is -2.43. The van der Waals surface area contributed by atoms with Crippen LogP contribution >= 0.6 is 0 Å². The van der Waals surface area contributed by atoms with Crippen molar-refractivity contribution < 1.29 is 9.18 Å². The maximum atomic E-state index is 14.0. The van der Waals surface area contributed by atoms with Gasteiger partial charge in [-0.2, -0.15) is 5.26 Å². The minimum absolute atomic E-state index is 0.254. The number of rotatable bonds is 4. The first-order chi connectivity index (χ1) is 15.1. The lowest BCUT2D eigenvalue weighted by Gasteiger charge is -2.33. The van der Waals surface area contributed by atoms with Crippen molar-refractivity contribution in [2.24, 2.45) is 5.92 Å². The number of fused-ring (bicyclic) bond motifs is 1. The Morgan fingerprint density at radius 3 is 2.61 bits per heavy atom. The van der Waals surface area contributed by atoms with Crippen LogP contribution in [0, 0.1) is 23.1 Å². The molecule has 0 spiro atoms. The quantitative estimate of drug-likeness (QED) is 0.670. The SMILES string of the molecule is N#Cc1cc(F)cc(-c2cc(NC3CCN(C(=O)C4CC4)CC3)c3cnccc3c2)c1. The summed E-state index contributed by atoms with van der Waals surface area (Å²) in [5, 5.41) is 14.9. The van der Waals surface area contributed by atoms with Gasteiger partial charge in [-0.05, 0) is 78.6 Å². The van der Waals surface area contributed by atoms with Crippen LogP contribution in [0.15, 0.2) is 48.8 Å². The van der Waals surface area contributed by atoms with E-state index < -0.39 is 5.82 Å². The molecule has 6 heteroatoms. The van der Waals surface area contributed by atoms with E-state index in [4.69, 9.17) is 0 Å². The summed E-state index contributed by atoms with van der Waals surface area (Å²) in [6.45, 7) is 1.55. The van der Waals surface area contributed by atoms with Crippen molar-refractivity contribution >= 4 is 22.4 Å². The van der Waals surface area contributed by atoms with E-state index in [9.17, 15) is 14.4 Å². The Bertz CT molecular complexity index is 1190. The number of pyridine rings is 1. The van der Waals surface area contributed by atoms with E-state index in [0.717, 1.165) is 60.8 Å². The molecule has 1 amide bonds. The number of hydrogen-bond acceptors (Lipinski definition) is 4. The Morgan fingerprint density at radius 1 is 1.10 bits per heavy atom. The lowest BCUT2D eigenvalue weighted by atomic mass is 9.98. The van der Waals surface area contributed by atoms with Crippen LogP contribution in [0.5, 0.6) is 0 Å². The van der Waals surface area contributed by atoms with Crippen LogP contribution < -0.4 is 5.32 Å². The van der Waals surface area contributed by atoms with Crippen molar-refractivity contribution in [2.75, 3.05) is 18.4 Å². The summed E-state index contributed by atoms with van der Waals surface area (Å²) < 4.78 is 14.0. The van der Waals surface area contributed by atoms with Crippen molar-refractivity contribution in [3.8, 4) is 17.2 Å². The number of anilines is 1. The zero-order valence-electron chi connectivity index (χ0n) is 17.1. The van der Waals surface area contributed by atoms with Crippen LogP contribution in [-0.4, -0.2) is 34.9 Å². The molecule has 0 bridgehead atoms. The highest BCUT2D eigenvalue weighted by Gasteiger charge is 2.34. The van der Waals surface area contributed by atoms with Crippen molar-refractivity contribution in [1.82, 2.24) is 9.88 Å². The van der Waals surface area contributed by atoms with Gasteiger partial charge < -0.3 is 10.2 Å². The molecule has 2 fully saturated rings. The van der Waals surface area contributed by atoms with Gasteiger partial charge in [0, 0.05) is 48.5 Å². The molecule has 0 unspecified atom stereocenters. The summed E-state index contributed by atoms with van der Waals surface area (Å²) in [5.74, 6) is 0.154. The summed E-state index contributed by atoms with van der Waals surface area (Å²) in [7, 11) is 0. The number of nitriles is 1. The van der Waals surface area contributed by atoms with Crippen molar-refractivity contribution in [3.63, 3.8) is 0 Å². The molecule has 1 aromatic heterocycles. The van der Waals surface area contributed by atoms with E-state index in [2.05, 4.69) is 10.3 Å². The number of carbonyl (C=O) groups excluding carboxylic acids is 1. The molecule has 2 aliphatic rings. The fraction of sp³-hybridized carbons (Fsp3) is 0.320. The van der Waals surface area contributed by atoms with Gasteiger partial charge in [-0.25, -0.2) is 4.39 Å². The van der Waals surface area contributed by atoms with Crippen LogP contribution in [0.3, 0.4) is 0 Å². The second-order valence-electron chi connectivity index (χ2n) is 8.48. The van der Waals surface area contributed by atoms with E-state index in [0.29, 0.717) is 17.0 Å². The first-order valence-corrected chi connectivity index (χ1v) is 10.7. The number of nitrogens with zero attached hydrogens (tertiary/aromatic N) is 3. The number of nitrogens with one attached hydrogen (secondary N) is 1. The standard InChI is InChI=1S/C25H23FN4O/c26-21-10-16(14-27)9-19(12-21)20-11-18-3-6-28-15-23(18)24(13-20)29-22-4-7-30(8-5-22)25(31)17-1-2-17/h3,6,9-13,15,17,22,29H,1-2,4-5,7-8H2.